The zero-order valence-corrected chi connectivity index (χ0v) is 18.1. The van der Waals surface area contributed by atoms with E-state index in [4.69, 9.17) is 23.2 Å². The van der Waals surface area contributed by atoms with E-state index in [-0.39, 0.29) is 11.4 Å². The molecule has 0 bridgehead atoms. The number of aromatic nitrogens is 3. The molecule has 3 rings (SSSR count). The summed E-state index contributed by atoms with van der Waals surface area (Å²) in [5.74, 6) is -0.00602. The minimum Gasteiger partial charge on any atom is -0.325 e. The maximum atomic E-state index is 13.0. The van der Waals surface area contributed by atoms with Crippen molar-refractivity contribution in [3.63, 3.8) is 0 Å². The van der Waals surface area contributed by atoms with Crippen LogP contribution in [0.5, 0.6) is 0 Å². The lowest BCUT2D eigenvalue weighted by Crippen LogP contribution is -2.15. The molecule has 2 aromatic carbocycles. The van der Waals surface area contributed by atoms with Crippen LogP contribution in [0.1, 0.15) is 5.56 Å². The van der Waals surface area contributed by atoms with E-state index in [0.717, 1.165) is 29.5 Å². The second-order valence-electron chi connectivity index (χ2n) is 6.24. The van der Waals surface area contributed by atoms with Crippen LogP contribution in [0.3, 0.4) is 0 Å². The summed E-state index contributed by atoms with van der Waals surface area (Å²) in [5.41, 5.74) is -0.231. The highest BCUT2D eigenvalue weighted by Crippen LogP contribution is 2.36. The standard InChI is InChI=1S/C20H15Cl2F3N4OS/c1-2-9-29-18(12-3-5-13(21)6-4-12)27-28-19(29)31-11-17(30)26-14-7-8-16(22)15(10-14)20(23,24)25/h2-8,10H,1,9,11H2,(H,26,30). The molecule has 1 aromatic heterocycles. The molecule has 3 aromatic rings. The van der Waals surface area contributed by atoms with Crippen molar-refractivity contribution in [2.45, 2.75) is 17.9 Å². The summed E-state index contributed by atoms with van der Waals surface area (Å²) >= 11 is 12.6. The normalized spacial score (nSPS) is 11.4. The fraction of sp³-hybridized carbons (Fsp3) is 0.150. The molecule has 0 saturated heterocycles. The lowest BCUT2D eigenvalue weighted by atomic mass is 10.2. The maximum absolute atomic E-state index is 13.0. The number of allylic oxidation sites excluding steroid dienone is 1. The van der Waals surface area contributed by atoms with Crippen molar-refractivity contribution in [3.05, 3.63) is 70.7 Å². The van der Waals surface area contributed by atoms with E-state index in [2.05, 4.69) is 22.1 Å². The summed E-state index contributed by atoms with van der Waals surface area (Å²) in [6.45, 7) is 4.13. The topological polar surface area (TPSA) is 59.8 Å². The largest absolute Gasteiger partial charge is 0.417 e. The Balaban J connectivity index is 1.72. The fourth-order valence-electron chi connectivity index (χ4n) is 2.65. The minimum absolute atomic E-state index is 0.00302. The number of benzene rings is 2. The molecule has 5 nitrogen and oxygen atoms in total. The van der Waals surface area contributed by atoms with Gasteiger partial charge in [-0.2, -0.15) is 13.2 Å². The van der Waals surface area contributed by atoms with Crippen LogP contribution in [-0.4, -0.2) is 26.4 Å². The third-order valence-electron chi connectivity index (χ3n) is 4.02. The van der Waals surface area contributed by atoms with Crippen LogP contribution in [0.25, 0.3) is 11.4 Å². The van der Waals surface area contributed by atoms with Crippen LogP contribution >= 0.6 is 35.0 Å². The molecule has 0 saturated carbocycles. The van der Waals surface area contributed by atoms with Crippen molar-refractivity contribution in [1.82, 2.24) is 14.8 Å². The van der Waals surface area contributed by atoms with E-state index in [0.29, 0.717) is 22.5 Å². The average molecular weight is 487 g/mol. The van der Waals surface area contributed by atoms with E-state index in [1.807, 2.05) is 0 Å². The van der Waals surface area contributed by atoms with Gasteiger partial charge >= 0.3 is 6.18 Å². The Morgan fingerprint density at radius 2 is 1.87 bits per heavy atom. The van der Waals surface area contributed by atoms with Gasteiger partial charge in [-0.1, -0.05) is 41.0 Å². The molecule has 0 fully saturated rings. The number of hydrogen-bond donors (Lipinski definition) is 1. The van der Waals surface area contributed by atoms with Gasteiger partial charge in [-0.05, 0) is 42.5 Å². The molecule has 1 amide bonds. The van der Waals surface area contributed by atoms with Gasteiger partial charge in [0.05, 0.1) is 16.3 Å². The Bertz CT molecular complexity index is 1100. The van der Waals surface area contributed by atoms with Crippen molar-refractivity contribution >= 4 is 46.6 Å². The number of rotatable bonds is 7. The smallest absolute Gasteiger partial charge is 0.325 e. The number of hydrogen-bond acceptors (Lipinski definition) is 4. The maximum Gasteiger partial charge on any atom is 0.417 e. The minimum atomic E-state index is -4.62. The number of thioether (sulfide) groups is 1. The Morgan fingerprint density at radius 1 is 1.16 bits per heavy atom. The van der Waals surface area contributed by atoms with E-state index >= 15 is 0 Å². The highest BCUT2D eigenvalue weighted by atomic mass is 35.5. The fourth-order valence-corrected chi connectivity index (χ4v) is 3.75. The first-order chi connectivity index (χ1) is 14.7. The lowest BCUT2D eigenvalue weighted by Gasteiger charge is -2.12. The molecule has 1 N–H and O–H groups in total. The van der Waals surface area contributed by atoms with Crippen molar-refractivity contribution in [2.24, 2.45) is 0 Å². The Hall–Kier alpha value is -2.49. The van der Waals surface area contributed by atoms with Gasteiger partial charge in [0.2, 0.25) is 5.91 Å². The molecule has 1 heterocycles. The summed E-state index contributed by atoms with van der Waals surface area (Å²) < 4.78 is 40.7. The number of anilines is 1. The van der Waals surface area contributed by atoms with Crippen molar-refractivity contribution in [3.8, 4) is 11.4 Å². The summed E-state index contributed by atoms with van der Waals surface area (Å²) in [4.78, 5) is 12.3. The zero-order valence-electron chi connectivity index (χ0n) is 15.8. The van der Waals surface area contributed by atoms with E-state index in [1.54, 1.807) is 34.9 Å². The number of carbonyl (C=O) groups excluding carboxylic acids is 1. The van der Waals surface area contributed by atoms with Crippen LogP contribution in [0.4, 0.5) is 18.9 Å². The van der Waals surface area contributed by atoms with Crippen LogP contribution in [0, 0.1) is 0 Å². The van der Waals surface area contributed by atoms with Gasteiger partial charge in [0.1, 0.15) is 0 Å². The second-order valence-corrected chi connectivity index (χ2v) is 8.03. The van der Waals surface area contributed by atoms with Crippen LogP contribution in [-0.2, 0) is 17.5 Å². The molecule has 0 spiro atoms. The Kier molecular flexibility index (Phi) is 7.30. The molecule has 0 radical (unpaired) electrons. The summed E-state index contributed by atoms with van der Waals surface area (Å²) in [6, 6.07) is 10.2. The molecule has 162 valence electrons. The second kappa shape index (κ2) is 9.76. The zero-order chi connectivity index (χ0) is 22.6. The monoisotopic (exact) mass is 486 g/mol. The molecule has 0 aliphatic rings. The number of nitrogens with zero attached hydrogens (tertiary/aromatic N) is 3. The molecule has 0 aliphatic heterocycles. The number of amides is 1. The molecule has 0 aliphatic carbocycles. The highest BCUT2D eigenvalue weighted by molar-refractivity contribution is 7.99. The highest BCUT2D eigenvalue weighted by Gasteiger charge is 2.33. The van der Waals surface area contributed by atoms with Crippen molar-refractivity contribution in [1.29, 1.82) is 0 Å². The summed E-state index contributed by atoms with van der Waals surface area (Å²) in [6.07, 6.45) is -2.95. The van der Waals surface area contributed by atoms with Gasteiger partial charge in [0.25, 0.3) is 0 Å². The first kappa shape index (κ1) is 23.2. The van der Waals surface area contributed by atoms with E-state index in [1.165, 1.54) is 6.07 Å². The number of halogens is 5. The SMILES string of the molecule is C=CCn1c(SCC(=O)Nc2ccc(Cl)c(C(F)(F)F)c2)nnc1-c1ccc(Cl)cc1. The predicted octanol–water partition coefficient (Wildman–Crippen LogP) is 6.19. The van der Waals surface area contributed by atoms with Gasteiger partial charge < -0.3 is 5.32 Å². The lowest BCUT2D eigenvalue weighted by molar-refractivity contribution is -0.137. The van der Waals surface area contributed by atoms with Crippen molar-refractivity contribution < 1.29 is 18.0 Å². The number of alkyl halides is 3. The number of carbonyl (C=O) groups is 1. The van der Waals surface area contributed by atoms with Gasteiger partial charge in [-0.3, -0.25) is 9.36 Å². The van der Waals surface area contributed by atoms with Gasteiger partial charge in [-0.25, -0.2) is 0 Å². The molecule has 0 unspecified atom stereocenters. The Labute approximate surface area is 190 Å². The van der Waals surface area contributed by atoms with E-state index < -0.39 is 22.7 Å². The van der Waals surface area contributed by atoms with Crippen molar-refractivity contribution in [2.75, 3.05) is 11.1 Å². The van der Waals surface area contributed by atoms with Gasteiger partial charge in [-0.15, -0.1) is 16.8 Å². The van der Waals surface area contributed by atoms with Crippen LogP contribution in [0.2, 0.25) is 10.0 Å². The third kappa shape index (κ3) is 5.81. The number of nitrogens with one attached hydrogen (secondary N) is 1. The van der Waals surface area contributed by atoms with Gasteiger partial charge in [0.15, 0.2) is 11.0 Å². The predicted molar refractivity (Wildman–Crippen MR) is 116 cm³/mol. The third-order valence-corrected chi connectivity index (χ3v) is 5.57. The van der Waals surface area contributed by atoms with Gasteiger partial charge in [0, 0.05) is 22.8 Å². The first-order valence-electron chi connectivity index (χ1n) is 8.78. The average Bonchev–Trinajstić information content (AvgIpc) is 3.10. The first-order valence-corrected chi connectivity index (χ1v) is 10.5. The Morgan fingerprint density at radius 3 is 2.52 bits per heavy atom. The quantitative estimate of drug-likeness (QED) is 0.319. The molecular weight excluding hydrogens is 472 g/mol. The molecule has 11 heteroatoms. The molecular formula is C20H15Cl2F3N4OS. The van der Waals surface area contributed by atoms with E-state index in [9.17, 15) is 18.0 Å². The molecule has 0 atom stereocenters. The molecule has 31 heavy (non-hydrogen) atoms. The summed E-state index contributed by atoms with van der Waals surface area (Å²) in [5, 5.41) is 11.3. The summed E-state index contributed by atoms with van der Waals surface area (Å²) in [7, 11) is 0. The van der Waals surface area contributed by atoms with Crippen LogP contribution in [0.15, 0.2) is 60.3 Å². The van der Waals surface area contributed by atoms with Crippen LogP contribution < -0.4 is 5.32 Å².